The summed E-state index contributed by atoms with van der Waals surface area (Å²) < 4.78 is 5.36. The van der Waals surface area contributed by atoms with Crippen molar-refractivity contribution in [2.75, 3.05) is 7.11 Å². The first-order chi connectivity index (χ1) is 9.06. The topological polar surface area (TPSA) is 45.9 Å². The highest BCUT2D eigenvalue weighted by molar-refractivity contribution is 6.30. The van der Waals surface area contributed by atoms with Crippen LogP contribution in [-0.4, -0.2) is 12.1 Å². The minimum atomic E-state index is 0.214. The summed E-state index contributed by atoms with van der Waals surface area (Å²) >= 11 is 6.01. The van der Waals surface area contributed by atoms with Crippen molar-refractivity contribution in [3.05, 3.63) is 46.1 Å². The van der Waals surface area contributed by atoms with Crippen molar-refractivity contribution in [1.82, 2.24) is 4.98 Å². The van der Waals surface area contributed by atoms with Crippen LogP contribution in [0.25, 0.3) is 11.3 Å². The first kappa shape index (κ1) is 13.4. The van der Waals surface area contributed by atoms with Crippen molar-refractivity contribution in [3.8, 4) is 23.1 Å². The number of nitriles is 1. The van der Waals surface area contributed by atoms with Gasteiger partial charge in [-0.2, -0.15) is 5.26 Å². The van der Waals surface area contributed by atoms with Crippen LogP contribution in [0.4, 0.5) is 0 Å². The fourth-order valence-corrected chi connectivity index (χ4v) is 2.13. The van der Waals surface area contributed by atoms with E-state index in [1.54, 1.807) is 13.2 Å². The number of benzene rings is 1. The van der Waals surface area contributed by atoms with Gasteiger partial charge in [-0.25, -0.2) is 4.98 Å². The quantitative estimate of drug-likeness (QED) is 0.779. The molecule has 0 unspecified atom stereocenters. The molecular weight excluding hydrogens is 260 g/mol. The van der Waals surface area contributed by atoms with Gasteiger partial charge in [0, 0.05) is 5.56 Å². The molecule has 0 spiro atoms. The number of rotatable bonds is 2. The number of hydrogen-bond donors (Lipinski definition) is 0. The molecule has 0 amide bonds. The Hall–Kier alpha value is -2.05. The van der Waals surface area contributed by atoms with Gasteiger partial charge in [0.15, 0.2) is 0 Å². The van der Waals surface area contributed by atoms with Crippen molar-refractivity contribution >= 4 is 11.6 Å². The summed E-state index contributed by atoms with van der Waals surface area (Å²) in [5, 5.41) is 9.16. The third kappa shape index (κ3) is 2.54. The maximum atomic E-state index is 8.95. The molecule has 0 fully saturated rings. The van der Waals surface area contributed by atoms with Gasteiger partial charge in [0.1, 0.15) is 17.0 Å². The van der Waals surface area contributed by atoms with Crippen molar-refractivity contribution < 1.29 is 4.74 Å². The van der Waals surface area contributed by atoms with Crippen LogP contribution in [0.2, 0.25) is 5.15 Å². The Balaban J connectivity index is 2.69. The Morgan fingerprint density at radius 2 is 2.00 bits per heavy atom. The van der Waals surface area contributed by atoms with E-state index in [2.05, 4.69) is 4.98 Å². The van der Waals surface area contributed by atoms with Crippen molar-refractivity contribution in [2.24, 2.45) is 0 Å². The predicted octanol–water partition coefficient (Wildman–Crippen LogP) is 3.90. The molecule has 0 atom stereocenters. The molecule has 0 aliphatic heterocycles. The highest BCUT2D eigenvalue weighted by Crippen LogP contribution is 2.33. The summed E-state index contributed by atoms with van der Waals surface area (Å²) in [7, 11) is 1.62. The number of hydrogen-bond acceptors (Lipinski definition) is 3. The van der Waals surface area contributed by atoms with Gasteiger partial charge < -0.3 is 4.74 Å². The molecule has 0 aliphatic carbocycles. The monoisotopic (exact) mass is 272 g/mol. The van der Waals surface area contributed by atoms with Crippen LogP contribution >= 0.6 is 11.6 Å². The van der Waals surface area contributed by atoms with Gasteiger partial charge in [0.25, 0.3) is 0 Å². The van der Waals surface area contributed by atoms with Crippen LogP contribution in [0.1, 0.15) is 16.7 Å². The number of nitrogens with zero attached hydrogens (tertiary/aromatic N) is 2. The lowest BCUT2D eigenvalue weighted by Gasteiger charge is -2.12. The smallest absolute Gasteiger partial charge is 0.147 e. The van der Waals surface area contributed by atoms with Crippen LogP contribution in [0, 0.1) is 25.2 Å². The van der Waals surface area contributed by atoms with E-state index in [1.807, 2.05) is 38.1 Å². The lowest BCUT2D eigenvalue weighted by Crippen LogP contribution is -1.96. The number of pyridine rings is 1. The molecule has 2 aromatic rings. The van der Waals surface area contributed by atoms with E-state index in [4.69, 9.17) is 21.6 Å². The number of ether oxygens (including phenoxy) is 1. The molecule has 0 radical (unpaired) electrons. The zero-order valence-electron chi connectivity index (χ0n) is 11.0. The van der Waals surface area contributed by atoms with Crippen LogP contribution in [-0.2, 0) is 0 Å². The maximum absolute atomic E-state index is 8.95. The Morgan fingerprint density at radius 3 is 2.63 bits per heavy atom. The Kier molecular flexibility index (Phi) is 3.73. The van der Waals surface area contributed by atoms with Gasteiger partial charge in [-0.15, -0.1) is 0 Å². The second kappa shape index (κ2) is 5.29. The van der Waals surface area contributed by atoms with Gasteiger partial charge in [-0.3, -0.25) is 0 Å². The molecule has 19 heavy (non-hydrogen) atoms. The third-order valence-corrected chi connectivity index (χ3v) is 3.19. The second-order valence-corrected chi connectivity index (χ2v) is 4.67. The van der Waals surface area contributed by atoms with Crippen LogP contribution in [0.15, 0.2) is 24.3 Å². The molecule has 0 N–H and O–H groups in total. The molecule has 0 aliphatic rings. The van der Waals surface area contributed by atoms with Gasteiger partial charge >= 0.3 is 0 Å². The summed E-state index contributed by atoms with van der Waals surface area (Å²) in [6, 6.07) is 9.64. The minimum Gasteiger partial charge on any atom is -0.496 e. The fraction of sp³-hybridized carbons (Fsp3) is 0.200. The van der Waals surface area contributed by atoms with Crippen molar-refractivity contribution in [3.63, 3.8) is 0 Å². The highest BCUT2D eigenvalue weighted by Gasteiger charge is 2.13. The first-order valence-corrected chi connectivity index (χ1v) is 6.17. The van der Waals surface area contributed by atoms with E-state index >= 15 is 0 Å². The lowest BCUT2D eigenvalue weighted by atomic mass is 10.0. The van der Waals surface area contributed by atoms with E-state index in [1.165, 1.54) is 0 Å². The highest BCUT2D eigenvalue weighted by atomic mass is 35.5. The summed E-state index contributed by atoms with van der Waals surface area (Å²) in [5.74, 6) is 0.738. The Labute approximate surface area is 117 Å². The molecule has 1 aromatic heterocycles. The molecule has 1 aromatic carbocycles. The van der Waals surface area contributed by atoms with Crippen LogP contribution < -0.4 is 4.74 Å². The number of methoxy groups -OCH3 is 1. The van der Waals surface area contributed by atoms with Gasteiger partial charge in [-0.05, 0) is 37.6 Å². The van der Waals surface area contributed by atoms with E-state index in [0.717, 1.165) is 28.1 Å². The normalized spacial score (nSPS) is 10.1. The van der Waals surface area contributed by atoms with Crippen LogP contribution in [0.5, 0.6) is 5.75 Å². The zero-order chi connectivity index (χ0) is 14.0. The largest absolute Gasteiger partial charge is 0.496 e. The van der Waals surface area contributed by atoms with Crippen molar-refractivity contribution in [2.45, 2.75) is 13.8 Å². The standard InChI is InChI=1S/C15H13ClN2O/c1-9-4-5-13(19-3)12(6-9)14-10(2)7-11(8-17)15(16)18-14/h4-7H,1-3H3. The summed E-state index contributed by atoms with van der Waals surface area (Å²) in [5.41, 5.74) is 4.01. The molecular formula is C15H13ClN2O. The average Bonchev–Trinajstić information content (AvgIpc) is 2.40. The predicted molar refractivity (Wildman–Crippen MR) is 75.4 cm³/mol. The van der Waals surface area contributed by atoms with E-state index < -0.39 is 0 Å². The molecule has 4 heteroatoms. The molecule has 3 nitrogen and oxygen atoms in total. The fourth-order valence-electron chi connectivity index (χ4n) is 1.95. The van der Waals surface area contributed by atoms with E-state index in [9.17, 15) is 0 Å². The SMILES string of the molecule is COc1ccc(C)cc1-c1nc(Cl)c(C#N)cc1C. The van der Waals surface area contributed by atoms with Gasteiger partial charge in [0.05, 0.1) is 18.4 Å². The molecule has 96 valence electrons. The molecule has 1 heterocycles. The second-order valence-electron chi connectivity index (χ2n) is 4.31. The lowest BCUT2D eigenvalue weighted by molar-refractivity contribution is 0.416. The van der Waals surface area contributed by atoms with Crippen LogP contribution in [0.3, 0.4) is 0 Å². The zero-order valence-corrected chi connectivity index (χ0v) is 11.7. The molecule has 0 bridgehead atoms. The van der Waals surface area contributed by atoms with Gasteiger partial charge in [0.2, 0.25) is 0 Å². The maximum Gasteiger partial charge on any atom is 0.147 e. The summed E-state index contributed by atoms with van der Waals surface area (Å²) in [4.78, 5) is 4.33. The van der Waals surface area contributed by atoms with E-state index in [0.29, 0.717) is 5.56 Å². The Bertz CT molecular complexity index is 675. The minimum absolute atomic E-state index is 0.214. The van der Waals surface area contributed by atoms with Gasteiger partial charge in [-0.1, -0.05) is 23.2 Å². The summed E-state index contributed by atoms with van der Waals surface area (Å²) in [6.07, 6.45) is 0. The first-order valence-electron chi connectivity index (χ1n) is 5.79. The number of aryl methyl sites for hydroxylation is 2. The molecule has 0 saturated heterocycles. The summed E-state index contributed by atoms with van der Waals surface area (Å²) in [6.45, 7) is 3.91. The number of aromatic nitrogens is 1. The average molecular weight is 273 g/mol. The van der Waals surface area contributed by atoms with Crippen molar-refractivity contribution in [1.29, 1.82) is 5.26 Å². The molecule has 2 rings (SSSR count). The molecule has 0 saturated carbocycles. The third-order valence-electron chi connectivity index (χ3n) is 2.90. The number of halogens is 1. The Morgan fingerprint density at radius 1 is 1.26 bits per heavy atom. The van der Waals surface area contributed by atoms with E-state index in [-0.39, 0.29) is 5.15 Å².